The molecule has 0 heterocycles. The molecule has 3 nitrogen and oxygen atoms in total. The fourth-order valence-electron chi connectivity index (χ4n) is 1.95. The Labute approximate surface area is 126 Å². The molecule has 1 aromatic rings. The second-order valence-corrected chi connectivity index (χ2v) is 6.81. The SMILES string of the molecule is COc1ccc(CC(=O)NCC(Cl)CC(C)(C)C)cc1. The van der Waals surface area contributed by atoms with E-state index in [1.54, 1.807) is 7.11 Å². The maximum absolute atomic E-state index is 11.8. The Hall–Kier alpha value is -1.22. The zero-order valence-electron chi connectivity index (χ0n) is 12.7. The summed E-state index contributed by atoms with van der Waals surface area (Å²) < 4.78 is 5.08. The van der Waals surface area contributed by atoms with Crippen LogP contribution in [0.3, 0.4) is 0 Å². The molecule has 1 N–H and O–H groups in total. The fourth-order valence-corrected chi connectivity index (χ4v) is 2.49. The van der Waals surface area contributed by atoms with E-state index >= 15 is 0 Å². The van der Waals surface area contributed by atoms with E-state index in [9.17, 15) is 4.79 Å². The molecule has 0 radical (unpaired) electrons. The molecule has 1 aromatic carbocycles. The van der Waals surface area contributed by atoms with Crippen molar-refractivity contribution in [3.05, 3.63) is 29.8 Å². The van der Waals surface area contributed by atoms with E-state index in [-0.39, 0.29) is 16.7 Å². The molecular formula is C16H24ClNO2. The molecule has 1 rings (SSSR count). The van der Waals surface area contributed by atoms with E-state index in [1.807, 2.05) is 24.3 Å². The monoisotopic (exact) mass is 297 g/mol. The van der Waals surface area contributed by atoms with Crippen LogP contribution < -0.4 is 10.1 Å². The van der Waals surface area contributed by atoms with Crippen molar-refractivity contribution in [1.82, 2.24) is 5.32 Å². The van der Waals surface area contributed by atoms with E-state index in [0.717, 1.165) is 17.7 Å². The molecule has 20 heavy (non-hydrogen) atoms. The zero-order chi connectivity index (χ0) is 15.2. The standard InChI is InChI=1S/C16H24ClNO2/c1-16(2,3)10-13(17)11-18-15(19)9-12-5-7-14(20-4)8-6-12/h5-8,13H,9-11H2,1-4H3,(H,18,19). The maximum Gasteiger partial charge on any atom is 0.224 e. The predicted octanol–water partition coefficient (Wildman–Crippen LogP) is 3.40. The molecule has 0 aromatic heterocycles. The lowest BCUT2D eigenvalue weighted by Crippen LogP contribution is -2.32. The molecule has 1 unspecified atom stereocenters. The summed E-state index contributed by atoms with van der Waals surface area (Å²) in [5.41, 5.74) is 1.14. The Kier molecular flexibility index (Phi) is 6.34. The van der Waals surface area contributed by atoms with Crippen molar-refractivity contribution in [2.45, 2.75) is 39.0 Å². The van der Waals surface area contributed by atoms with Crippen LogP contribution in [-0.4, -0.2) is 24.9 Å². The van der Waals surface area contributed by atoms with Gasteiger partial charge in [0.2, 0.25) is 5.91 Å². The van der Waals surface area contributed by atoms with Gasteiger partial charge in [-0.15, -0.1) is 11.6 Å². The van der Waals surface area contributed by atoms with E-state index in [4.69, 9.17) is 16.3 Å². The number of ether oxygens (including phenoxy) is 1. The first-order chi connectivity index (χ1) is 9.30. The van der Waals surface area contributed by atoms with Crippen LogP contribution in [0.25, 0.3) is 0 Å². The Balaban J connectivity index is 2.36. The van der Waals surface area contributed by atoms with Crippen molar-refractivity contribution >= 4 is 17.5 Å². The van der Waals surface area contributed by atoms with Crippen molar-refractivity contribution in [3.8, 4) is 5.75 Å². The summed E-state index contributed by atoms with van der Waals surface area (Å²) in [6.07, 6.45) is 1.24. The Morgan fingerprint density at radius 2 is 1.90 bits per heavy atom. The number of nitrogens with one attached hydrogen (secondary N) is 1. The molecule has 0 aliphatic rings. The zero-order valence-corrected chi connectivity index (χ0v) is 13.5. The Morgan fingerprint density at radius 3 is 2.40 bits per heavy atom. The van der Waals surface area contributed by atoms with Crippen LogP contribution in [0.1, 0.15) is 32.8 Å². The number of rotatable bonds is 6. The summed E-state index contributed by atoms with van der Waals surface area (Å²) >= 11 is 6.22. The third kappa shape index (κ3) is 6.80. The quantitative estimate of drug-likeness (QED) is 0.817. The molecule has 4 heteroatoms. The lowest BCUT2D eigenvalue weighted by molar-refractivity contribution is -0.120. The van der Waals surface area contributed by atoms with Gasteiger partial charge in [-0.1, -0.05) is 32.9 Å². The minimum absolute atomic E-state index is 0.00488. The van der Waals surface area contributed by atoms with Crippen LogP contribution in [0.4, 0.5) is 0 Å². The van der Waals surface area contributed by atoms with Crippen LogP contribution in [0.5, 0.6) is 5.75 Å². The smallest absolute Gasteiger partial charge is 0.224 e. The highest BCUT2D eigenvalue weighted by atomic mass is 35.5. The van der Waals surface area contributed by atoms with Gasteiger partial charge < -0.3 is 10.1 Å². The number of methoxy groups -OCH3 is 1. The summed E-state index contributed by atoms with van der Waals surface area (Å²) in [5.74, 6) is 0.787. The van der Waals surface area contributed by atoms with Gasteiger partial charge in [0.25, 0.3) is 0 Å². The van der Waals surface area contributed by atoms with Gasteiger partial charge in [0, 0.05) is 6.54 Å². The van der Waals surface area contributed by atoms with Gasteiger partial charge in [-0.25, -0.2) is 0 Å². The molecule has 1 atom stereocenters. The van der Waals surface area contributed by atoms with Crippen LogP contribution in [0.2, 0.25) is 0 Å². The highest BCUT2D eigenvalue weighted by Gasteiger charge is 2.17. The average molecular weight is 298 g/mol. The van der Waals surface area contributed by atoms with Crippen molar-refractivity contribution in [3.63, 3.8) is 0 Å². The topological polar surface area (TPSA) is 38.3 Å². The third-order valence-corrected chi connectivity index (χ3v) is 3.19. The average Bonchev–Trinajstić information content (AvgIpc) is 2.35. The first kappa shape index (κ1) is 16.8. The second kappa shape index (κ2) is 7.53. The number of amides is 1. The Morgan fingerprint density at radius 1 is 1.30 bits per heavy atom. The van der Waals surface area contributed by atoms with Crippen LogP contribution in [0, 0.1) is 5.41 Å². The largest absolute Gasteiger partial charge is 0.497 e. The molecule has 0 saturated carbocycles. The van der Waals surface area contributed by atoms with Gasteiger partial charge in [-0.3, -0.25) is 4.79 Å². The van der Waals surface area contributed by atoms with Crippen LogP contribution >= 0.6 is 11.6 Å². The summed E-state index contributed by atoms with van der Waals surface area (Å²) in [7, 11) is 1.62. The van der Waals surface area contributed by atoms with Gasteiger partial charge in [-0.2, -0.15) is 0 Å². The number of benzene rings is 1. The molecular weight excluding hydrogens is 274 g/mol. The lowest BCUT2D eigenvalue weighted by Gasteiger charge is -2.22. The number of carbonyl (C=O) groups excluding carboxylic acids is 1. The van der Waals surface area contributed by atoms with Gasteiger partial charge in [0.05, 0.1) is 18.9 Å². The number of hydrogen-bond acceptors (Lipinski definition) is 2. The van der Waals surface area contributed by atoms with Crippen molar-refractivity contribution in [1.29, 1.82) is 0 Å². The second-order valence-electron chi connectivity index (χ2n) is 6.19. The van der Waals surface area contributed by atoms with Crippen molar-refractivity contribution in [2.75, 3.05) is 13.7 Å². The molecule has 0 bridgehead atoms. The minimum Gasteiger partial charge on any atom is -0.497 e. The summed E-state index contributed by atoms with van der Waals surface area (Å²) in [6, 6.07) is 7.50. The van der Waals surface area contributed by atoms with Gasteiger partial charge in [0.15, 0.2) is 0 Å². The molecule has 1 amide bonds. The summed E-state index contributed by atoms with van der Waals surface area (Å²) in [5, 5.41) is 2.85. The predicted molar refractivity (Wildman–Crippen MR) is 83.4 cm³/mol. The highest BCUT2D eigenvalue weighted by Crippen LogP contribution is 2.23. The van der Waals surface area contributed by atoms with Crippen molar-refractivity contribution < 1.29 is 9.53 Å². The molecule has 0 aliphatic heterocycles. The molecule has 0 aliphatic carbocycles. The lowest BCUT2D eigenvalue weighted by atomic mass is 9.90. The first-order valence-electron chi connectivity index (χ1n) is 6.84. The fraction of sp³-hybridized carbons (Fsp3) is 0.562. The van der Waals surface area contributed by atoms with E-state index < -0.39 is 0 Å². The summed E-state index contributed by atoms with van der Waals surface area (Å²) in [6.45, 7) is 6.93. The van der Waals surface area contributed by atoms with E-state index in [1.165, 1.54) is 0 Å². The third-order valence-electron chi connectivity index (χ3n) is 2.88. The van der Waals surface area contributed by atoms with E-state index in [0.29, 0.717) is 13.0 Å². The number of halogens is 1. The normalized spacial score (nSPS) is 12.8. The van der Waals surface area contributed by atoms with Crippen LogP contribution in [-0.2, 0) is 11.2 Å². The minimum atomic E-state index is -0.0326. The first-order valence-corrected chi connectivity index (χ1v) is 7.27. The number of alkyl halides is 1. The highest BCUT2D eigenvalue weighted by molar-refractivity contribution is 6.20. The maximum atomic E-state index is 11.8. The van der Waals surface area contributed by atoms with Gasteiger partial charge in [-0.05, 0) is 29.5 Å². The number of hydrogen-bond donors (Lipinski definition) is 1. The molecule has 0 fully saturated rings. The molecule has 0 saturated heterocycles. The van der Waals surface area contributed by atoms with Gasteiger partial charge >= 0.3 is 0 Å². The van der Waals surface area contributed by atoms with Crippen LogP contribution in [0.15, 0.2) is 24.3 Å². The van der Waals surface area contributed by atoms with E-state index in [2.05, 4.69) is 26.1 Å². The van der Waals surface area contributed by atoms with Gasteiger partial charge in [0.1, 0.15) is 5.75 Å². The van der Waals surface area contributed by atoms with Crippen molar-refractivity contribution in [2.24, 2.45) is 5.41 Å². The molecule has 0 spiro atoms. The molecule has 112 valence electrons. The summed E-state index contributed by atoms with van der Waals surface area (Å²) in [4.78, 5) is 11.8. The number of carbonyl (C=O) groups is 1. The Bertz CT molecular complexity index is 423.